The Labute approximate surface area is 164 Å². The summed E-state index contributed by atoms with van der Waals surface area (Å²) in [5, 5.41) is 7.18. The number of nitrogens with one attached hydrogen (secondary N) is 2. The van der Waals surface area contributed by atoms with Crippen molar-refractivity contribution in [3.63, 3.8) is 0 Å². The molecule has 1 unspecified atom stereocenters. The highest BCUT2D eigenvalue weighted by Crippen LogP contribution is 2.36. The third-order valence-electron chi connectivity index (χ3n) is 5.28. The Kier molecular flexibility index (Phi) is 5.25. The third kappa shape index (κ3) is 3.57. The average molecular weight is 379 g/mol. The van der Waals surface area contributed by atoms with E-state index in [1.165, 1.54) is 0 Å². The van der Waals surface area contributed by atoms with Gasteiger partial charge in [-0.1, -0.05) is 12.1 Å². The van der Waals surface area contributed by atoms with Gasteiger partial charge in [-0.25, -0.2) is 0 Å². The van der Waals surface area contributed by atoms with Crippen molar-refractivity contribution in [3.05, 3.63) is 54.4 Å². The van der Waals surface area contributed by atoms with Gasteiger partial charge in [0.1, 0.15) is 11.4 Å². The Bertz CT molecular complexity index is 870. The summed E-state index contributed by atoms with van der Waals surface area (Å²) in [5.74, 6) is 0.897. The summed E-state index contributed by atoms with van der Waals surface area (Å²) in [6.45, 7) is 2.42. The van der Waals surface area contributed by atoms with E-state index in [-0.39, 0.29) is 5.91 Å². The van der Waals surface area contributed by atoms with Crippen molar-refractivity contribution in [1.82, 2.24) is 9.88 Å². The average Bonchev–Trinajstić information content (AvgIpc) is 2.74. The number of ether oxygens (including phenoxy) is 1. The molecule has 28 heavy (non-hydrogen) atoms. The number of methoxy groups -OCH3 is 1. The van der Waals surface area contributed by atoms with Crippen LogP contribution in [0.5, 0.6) is 0 Å². The van der Waals surface area contributed by atoms with E-state index < -0.39 is 5.54 Å². The van der Waals surface area contributed by atoms with E-state index in [1.54, 1.807) is 31.6 Å². The molecule has 1 aromatic carbocycles. The zero-order valence-corrected chi connectivity index (χ0v) is 16.0. The van der Waals surface area contributed by atoms with Gasteiger partial charge in [-0.15, -0.1) is 0 Å². The number of amides is 1. The predicted molar refractivity (Wildman–Crippen MR) is 110 cm³/mol. The molecule has 0 saturated carbocycles. The number of anilines is 2. The standard InChI is InChI=1S/C21H25N5O2/c1-28-14-12-23-20-21(25-18-6-3-2-5-17(18)24-20)9-4-13-26(15-21)19(27)16-7-10-22-11-8-16/h2-3,5-8,10-11,25H,4,9,12-15H2,1H3,(H,23,24). The first-order valence-corrected chi connectivity index (χ1v) is 9.59. The lowest BCUT2D eigenvalue weighted by Crippen LogP contribution is -2.62. The number of nitrogens with zero attached hydrogens (tertiary/aromatic N) is 3. The van der Waals surface area contributed by atoms with Gasteiger partial charge in [0.05, 0.1) is 31.1 Å². The highest BCUT2D eigenvalue weighted by atomic mass is 16.5. The lowest BCUT2D eigenvalue weighted by atomic mass is 9.85. The summed E-state index contributed by atoms with van der Waals surface area (Å²) in [5.41, 5.74) is 2.27. The van der Waals surface area contributed by atoms with Gasteiger partial charge in [-0.3, -0.25) is 14.8 Å². The minimum absolute atomic E-state index is 0.0263. The first-order valence-electron chi connectivity index (χ1n) is 9.59. The number of aromatic nitrogens is 1. The molecule has 1 amide bonds. The smallest absolute Gasteiger partial charge is 0.254 e. The zero-order chi connectivity index (χ0) is 19.4. The molecule has 0 bridgehead atoms. The van der Waals surface area contributed by atoms with Crippen LogP contribution in [0.15, 0.2) is 53.8 Å². The summed E-state index contributed by atoms with van der Waals surface area (Å²) in [7, 11) is 1.67. The summed E-state index contributed by atoms with van der Waals surface area (Å²) < 4.78 is 5.17. The normalized spacial score (nSPS) is 22.5. The molecule has 1 spiro atoms. The number of para-hydroxylation sites is 2. The molecule has 7 heteroatoms. The highest BCUT2D eigenvalue weighted by Gasteiger charge is 2.44. The number of rotatable bonds is 4. The van der Waals surface area contributed by atoms with Gasteiger partial charge in [0.2, 0.25) is 0 Å². The van der Waals surface area contributed by atoms with Gasteiger partial charge in [-0.05, 0) is 37.1 Å². The van der Waals surface area contributed by atoms with Crippen molar-refractivity contribution in [2.45, 2.75) is 18.4 Å². The fraction of sp³-hybridized carbons (Fsp3) is 0.381. The molecule has 2 aromatic rings. The van der Waals surface area contributed by atoms with E-state index in [4.69, 9.17) is 9.73 Å². The SMILES string of the molecule is COCCN=C1Nc2ccccc2NC12CCCN(C(=O)c1ccncc1)C2. The molecule has 1 aromatic heterocycles. The fourth-order valence-electron chi connectivity index (χ4n) is 3.91. The Morgan fingerprint density at radius 3 is 2.82 bits per heavy atom. The number of amidine groups is 1. The van der Waals surface area contributed by atoms with Gasteiger partial charge in [0.25, 0.3) is 5.91 Å². The number of pyridine rings is 1. The minimum atomic E-state index is -0.428. The third-order valence-corrected chi connectivity index (χ3v) is 5.28. The van der Waals surface area contributed by atoms with Crippen molar-refractivity contribution in [2.75, 3.05) is 44.0 Å². The Hall–Kier alpha value is -2.93. The molecule has 1 fully saturated rings. The summed E-state index contributed by atoms with van der Waals surface area (Å²) in [6.07, 6.45) is 5.11. The summed E-state index contributed by atoms with van der Waals surface area (Å²) >= 11 is 0. The Morgan fingerprint density at radius 1 is 1.25 bits per heavy atom. The number of carbonyl (C=O) groups is 1. The highest BCUT2D eigenvalue weighted by molar-refractivity contribution is 6.10. The zero-order valence-electron chi connectivity index (χ0n) is 16.0. The lowest BCUT2D eigenvalue weighted by Gasteiger charge is -2.47. The molecular formula is C21H25N5O2. The number of carbonyl (C=O) groups excluding carboxylic acids is 1. The fourth-order valence-corrected chi connectivity index (χ4v) is 3.91. The second-order valence-corrected chi connectivity index (χ2v) is 7.17. The molecule has 1 saturated heterocycles. The van der Waals surface area contributed by atoms with Crippen LogP contribution >= 0.6 is 0 Å². The summed E-state index contributed by atoms with van der Waals surface area (Å²) in [6, 6.07) is 11.6. The molecule has 2 aliphatic rings. The van der Waals surface area contributed by atoms with Crippen molar-refractivity contribution in [1.29, 1.82) is 0 Å². The maximum Gasteiger partial charge on any atom is 0.254 e. The van der Waals surface area contributed by atoms with Crippen molar-refractivity contribution in [3.8, 4) is 0 Å². The van der Waals surface area contributed by atoms with Gasteiger partial charge < -0.3 is 20.3 Å². The van der Waals surface area contributed by atoms with E-state index in [0.717, 1.165) is 36.6 Å². The molecule has 0 radical (unpaired) electrons. The minimum Gasteiger partial charge on any atom is -0.383 e. The van der Waals surface area contributed by atoms with E-state index >= 15 is 0 Å². The number of hydrogen-bond donors (Lipinski definition) is 2. The van der Waals surface area contributed by atoms with Crippen LogP contribution in [-0.2, 0) is 4.74 Å². The number of hydrogen-bond acceptors (Lipinski definition) is 5. The number of likely N-dealkylation sites (tertiary alicyclic amines) is 1. The second kappa shape index (κ2) is 7.98. The van der Waals surface area contributed by atoms with E-state index in [1.807, 2.05) is 23.1 Å². The molecule has 4 rings (SSSR count). The molecular weight excluding hydrogens is 354 g/mol. The van der Waals surface area contributed by atoms with Crippen LogP contribution in [0, 0.1) is 0 Å². The molecule has 2 aliphatic heterocycles. The van der Waals surface area contributed by atoms with Gasteiger partial charge in [0, 0.05) is 31.6 Å². The number of benzene rings is 1. The van der Waals surface area contributed by atoms with Gasteiger partial charge in [-0.2, -0.15) is 0 Å². The first-order chi connectivity index (χ1) is 13.7. The second-order valence-electron chi connectivity index (χ2n) is 7.17. The van der Waals surface area contributed by atoms with E-state index in [0.29, 0.717) is 25.3 Å². The van der Waals surface area contributed by atoms with Crippen LogP contribution in [0.3, 0.4) is 0 Å². The largest absolute Gasteiger partial charge is 0.383 e. The lowest BCUT2D eigenvalue weighted by molar-refractivity contribution is 0.0694. The van der Waals surface area contributed by atoms with Crippen LogP contribution in [0.1, 0.15) is 23.2 Å². The Balaban J connectivity index is 1.64. The van der Waals surface area contributed by atoms with Crippen LogP contribution in [0.25, 0.3) is 0 Å². The molecule has 3 heterocycles. The van der Waals surface area contributed by atoms with Gasteiger partial charge >= 0.3 is 0 Å². The quantitative estimate of drug-likeness (QED) is 0.799. The Morgan fingerprint density at radius 2 is 2.04 bits per heavy atom. The molecule has 0 aliphatic carbocycles. The van der Waals surface area contributed by atoms with Crippen LogP contribution in [-0.4, -0.2) is 60.5 Å². The maximum absolute atomic E-state index is 13.0. The predicted octanol–water partition coefficient (Wildman–Crippen LogP) is 2.64. The molecule has 146 valence electrons. The monoisotopic (exact) mass is 379 g/mol. The molecule has 1 atom stereocenters. The number of aliphatic imine (C=N–C) groups is 1. The van der Waals surface area contributed by atoms with Crippen molar-refractivity contribution >= 4 is 23.1 Å². The van der Waals surface area contributed by atoms with E-state index in [9.17, 15) is 4.79 Å². The maximum atomic E-state index is 13.0. The molecule has 7 nitrogen and oxygen atoms in total. The van der Waals surface area contributed by atoms with Crippen LogP contribution in [0.2, 0.25) is 0 Å². The van der Waals surface area contributed by atoms with Gasteiger partial charge in [0.15, 0.2) is 0 Å². The van der Waals surface area contributed by atoms with Crippen molar-refractivity contribution < 1.29 is 9.53 Å². The van der Waals surface area contributed by atoms with Crippen LogP contribution < -0.4 is 10.6 Å². The number of fused-ring (bicyclic) bond motifs is 1. The van der Waals surface area contributed by atoms with E-state index in [2.05, 4.69) is 21.7 Å². The van der Waals surface area contributed by atoms with Crippen molar-refractivity contribution in [2.24, 2.45) is 4.99 Å². The summed E-state index contributed by atoms with van der Waals surface area (Å²) in [4.78, 5) is 23.7. The van der Waals surface area contributed by atoms with Crippen LogP contribution in [0.4, 0.5) is 11.4 Å². The first kappa shape index (κ1) is 18.4. The number of piperidine rings is 1. The molecule has 2 N–H and O–H groups in total. The topological polar surface area (TPSA) is 78.9 Å².